The fraction of sp³-hybridized carbons (Fsp3) is 0.850. The zero-order chi connectivity index (χ0) is 23.4. The molecule has 0 aliphatic carbocycles. The van der Waals surface area contributed by atoms with Crippen molar-refractivity contribution in [3.63, 3.8) is 0 Å². The molecule has 2 bridgehead atoms. The molecule has 3 unspecified atom stereocenters. The second-order valence-electron chi connectivity index (χ2n) is 10.8. The summed E-state index contributed by atoms with van der Waals surface area (Å²) < 4.78 is 24.6. The molecule has 0 radical (unpaired) electrons. The van der Waals surface area contributed by atoms with Gasteiger partial charge < -0.3 is 29.1 Å². The van der Waals surface area contributed by atoms with Crippen molar-refractivity contribution in [3.05, 3.63) is 11.8 Å². The molecule has 0 aromatic rings. The fourth-order valence-electron chi connectivity index (χ4n) is 4.51. The molecule has 6 atom stereocenters. The number of rotatable bonds is 5. The van der Waals surface area contributed by atoms with E-state index in [0.29, 0.717) is 25.0 Å². The molecule has 3 aliphatic heterocycles. The van der Waals surface area contributed by atoms with Crippen LogP contribution in [0.5, 0.6) is 0 Å². The van der Waals surface area contributed by atoms with Crippen molar-refractivity contribution in [2.45, 2.75) is 97.2 Å². The summed E-state index contributed by atoms with van der Waals surface area (Å²) in [6, 6.07) is 0. The summed E-state index contributed by atoms with van der Waals surface area (Å²) in [6.45, 7) is 10.4. The number of nitrogens with one attached hydrogen (secondary N) is 1. The zero-order valence-electron chi connectivity index (χ0n) is 19.4. The van der Waals surface area contributed by atoms with Crippen LogP contribution in [0, 0.1) is 5.41 Å². The lowest BCUT2D eigenvalue weighted by atomic mass is 9.76. The van der Waals surface area contributed by atoms with E-state index in [0.717, 1.165) is 0 Å². The molecule has 2 fully saturated rings. The van der Waals surface area contributed by atoms with Gasteiger partial charge >= 0.3 is 6.72 Å². The van der Waals surface area contributed by atoms with Crippen molar-refractivity contribution in [1.29, 1.82) is 0 Å². The molecule has 3 heterocycles. The SMILES string of the molecule is CC1=CN([C@@H]2O[C@@]3(CC(C)(C)C)CCO[C@H]2C3OP(O)(=S)OC(C)(C)C)C(N)NC1=O. The minimum absolute atomic E-state index is 0.0920. The molecular formula is C20H36N3O6PS. The van der Waals surface area contributed by atoms with Crippen LogP contribution in [-0.2, 0) is 35.1 Å². The quantitative estimate of drug-likeness (QED) is 0.513. The summed E-state index contributed by atoms with van der Waals surface area (Å²) in [7, 11) is 0. The van der Waals surface area contributed by atoms with Crippen molar-refractivity contribution < 1.29 is 28.2 Å². The second kappa shape index (κ2) is 8.33. The minimum Gasteiger partial charge on any atom is -0.371 e. The van der Waals surface area contributed by atoms with E-state index in [4.69, 9.17) is 36.1 Å². The van der Waals surface area contributed by atoms with Crippen LogP contribution < -0.4 is 11.1 Å². The molecule has 3 aliphatic rings. The molecule has 0 aromatic heterocycles. The van der Waals surface area contributed by atoms with E-state index in [1.54, 1.807) is 18.0 Å². The average molecular weight is 478 g/mol. The van der Waals surface area contributed by atoms with E-state index < -0.39 is 42.6 Å². The summed E-state index contributed by atoms with van der Waals surface area (Å²) in [6.07, 6.45) is 0.293. The van der Waals surface area contributed by atoms with Gasteiger partial charge in [0.2, 0.25) is 0 Å². The lowest BCUT2D eigenvalue weighted by Crippen LogP contribution is -2.61. The Hall–Kier alpha value is -0.580. The van der Waals surface area contributed by atoms with Gasteiger partial charge in [-0.15, -0.1) is 0 Å². The van der Waals surface area contributed by atoms with Crippen LogP contribution >= 0.6 is 6.72 Å². The summed E-state index contributed by atoms with van der Waals surface area (Å²) in [5.74, 6) is -0.229. The third kappa shape index (κ3) is 5.68. The van der Waals surface area contributed by atoms with E-state index in [1.807, 2.05) is 20.8 Å². The van der Waals surface area contributed by atoms with Gasteiger partial charge in [0.05, 0.1) is 12.2 Å². The number of hydrogen-bond donors (Lipinski definition) is 3. The van der Waals surface area contributed by atoms with E-state index in [-0.39, 0.29) is 11.3 Å². The van der Waals surface area contributed by atoms with E-state index in [2.05, 4.69) is 26.1 Å². The molecular weight excluding hydrogens is 441 g/mol. The number of ether oxygens (including phenoxy) is 2. The van der Waals surface area contributed by atoms with Gasteiger partial charge in [-0.05, 0) is 51.3 Å². The average Bonchev–Trinajstić information content (AvgIpc) is 2.70. The van der Waals surface area contributed by atoms with Gasteiger partial charge in [0, 0.05) is 18.2 Å². The van der Waals surface area contributed by atoms with Crippen LogP contribution in [0.3, 0.4) is 0 Å². The lowest BCUT2D eigenvalue weighted by Gasteiger charge is -2.43. The topological polar surface area (TPSA) is 116 Å². The van der Waals surface area contributed by atoms with Crippen LogP contribution in [0.25, 0.3) is 0 Å². The Morgan fingerprint density at radius 1 is 1.39 bits per heavy atom. The first-order valence-electron chi connectivity index (χ1n) is 10.6. The Balaban J connectivity index is 1.97. The Labute approximate surface area is 189 Å². The first kappa shape index (κ1) is 25.1. The highest BCUT2D eigenvalue weighted by atomic mass is 32.5. The van der Waals surface area contributed by atoms with Crippen molar-refractivity contribution in [1.82, 2.24) is 10.2 Å². The minimum atomic E-state index is -3.59. The Morgan fingerprint density at radius 2 is 2.03 bits per heavy atom. The van der Waals surface area contributed by atoms with Crippen LogP contribution in [0.15, 0.2) is 11.8 Å². The van der Waals surface area contributed by atoms with Crippen molar-refractivity contribution in [2.24, 2.45) is 11.1 Å². The summed E-state index contributed by atoms with van der Waals surface area (Å²) in [5.41, 5.74) is 5.21. The lowest BCUT2D eigenvalue weighted by molar-refractivity contribution is -0.145. The normalized spacial score (nSPS) is 36.1. The summed E-state index contributed by atoms with van der Waals surface area (Å²) >= 11 is 5.35. The smallest absolute Gasteiger partial charge is 0.325 e. The van der Waals surface area contributed by atoms with Crippen molar-refractivity contribution in [2.75, 3.05) is 6.61 Å². The fourth-order valence-corrected chi connectivity index (χ4v) is 6.79. The molecule has 31 heavy (non-hydrogen) atoms. The third-order valence-corrected chi connectivity index (χ3v) is 7.10. The zero-order valence-corrected chi connectivity index (χ0v) is 21.1. The van der Waals surface area contributed by atoms with Gasteiger partial charge in [0.25, 0.3) is 5.91 Å². The highest BCUT2D eigenvalue weighted by molar-refractivity contribution is 8.07. The molecule has 2 saturated heterocycles. The first-order valence-corrected chi connectivity index (χ1v) is 13.1. The molecule has 0 aromatic carbocycles. The molecule has 0 saturated carbocycles. The molecule has 3 rings (SSSR count). The van der Waals surface area contributed by atoms with Gasteiger partial charge in [-0.1, -0.05) is 20.8 Å². The number of hydrogen-bond acceptors (Lipinski definition) is 8. The van der Waals surface area contributed by atoms with Crippen LogP contribution in [-0.4, -0.2) is 58.2 Å². The molecule has 178 valence electrons. The van der Waals surface area contributed by atoms with Gasteiger partial charge in [-0.3, -0.25) is 15.1 Å². The van der Waals surface area contributed by atoms with E-state index >= 15 is 0 Å². The number of nitrogens with two attached hydrogens (primary N) is 1. The summed E-state index contributed by atoms with van der Waals surface area (Å²) in [5, 5.41) is 2.72. The van der Waals surface area contributed by atoms with Crippen LogP contribution in [0.4, 0.5) is 0 Å². The predicted molar refractivity (Wildman–Crippen MR) is 120 cm³/mol. The maximum atomic E-state index is 12.0. The highest BCUT2D eigenvalue weighted by Gasteiger charge is 2.63. The maximum Gasteiger partial charge on any atom is 0.325 e. The maximum absolute atomic E-state index is 12.0. The van der Waals surface area contributed by atoms with Gasteiger partial charge in [0.15, 0.2) is 12.5 Å². The van der Waals surface area contributed by atoms with Crippen molar-refractivity contribution >= 4 is 24.4 Å². The monoisotopic (exact) mass is 477 g/mol. The highest BCUT2D eigenvalue weighted by Crippen LogP contribution is 2.56. The number of amides is 1. The van der Waals surface area contributed by atoms with Gasteiger partial charge in [0.1, 0.15) is 17.8 Å². The largest absolute Gasteiger partial charge is 0.371 e. The first-order chi connectivity index (χ1) is 14.0. The molecule has 4 N–H and O–H groups in total. The predicted octanol–water partition coefficient (Wildman–Crippen LogP) is 2.30. The van der Waals surface area contributed by atoms with E-state index in [9.17, 15) is 9.69 Å². The standard InChI is InChI=1S/C20H36N3O6PS/c1-12-10-23(17(21)22-15(12)24)16-13-14(28-30(25,31)29-19(5,6)7)20(27-16,8-9-26-13)11-18(2,3)4/h10,13-14,16-17H,8-9,11,21H2,1-7H3,(H,22,24)(H,25,31)/t13-,14?,16+,17?,20+,30?/m0/s1. The number of fused-ring (bicyclic) bond motifs is 2. The third-order valence-electron chi connectivity index (χ3n) is 5.35. The number of carbonyl (C=O) groups is 1. The van der Waals surface area contributed by atoms with Gasteiger partial charge in [-0.25, -0.2) is 0 Å². The number of carbonyl (C=O) groups excluding carboxylic acids is 1. The van der Waals surface area contributed by atoms with Crippen LogP contribution in [0.1, 0.15) is 61.3 Å². The second-order valence-corrected chi connectivity index (χ2v) is 13.5. The molecule has 9 nitrogen and oxygen atoms in total. The molecule has 0 spiro atoms. The van der Waals surface area contributed by atoms with Crippen molar-refractivity contribution in [3.8, 4) is 0 Å². The Kier molecular flexibility index (Phi) is 6.73. The molecule has 1 amide bonds. The van der Waals surface area contributed by atoms with Gasteiger partial charge in [-0.2, -0.15) is 0 Å². The van der Waals surface area contributed by atoms with Crippen LogP contribution in [0.2, 0.25) is 0 Å². The Bertz CT molecular complexity index is 795. The van der Waals surface area contributed by atoms with E-state index in [1.165, 1.54) is 0 Å². The number of nitrogens with zero attached hydrogens (tertiary/aromatic N) is 1. The summed E-state index contributed by atoms with van der Waals surface area (Å²) in [4.78, 5) is 24.6. The molecule has 11 heteroatoms. The Morgan fingerprint density at radius 3 is 2.61 bits per heavy atom.